The molecule has 36 heavy (non-hydrogen) atoms. The Bertz CT molecular complexity index is 1370. The van der Waals surface area contributed by atoms with Crippen LogP contribution in [-0.4, -0.2) is 30.4 Å². The Kier molecular flexibility index (Phi) is 7.60. The SMILES string of the molecule is CCOC(=O)c1ccc(N2C(=O)NC(=O)/C(=C\c3ccccc3OCc3ccccc3Br)C2=O)cc1. The molecule has 1 heterocycles. The first-order chi connectivity index (χ1) is 17.4. The molecule has 1 fully saturated rings. The number of halogens is 1. The van der Waals surface area contributed by atoms with Crippen LogP contribution in [0, 0.1) is 0 Å². The molecule has 1 aliphatic heterocycles. The van der Waals surface area contributed by atoms with E-state index in [0.29, 0.717) is 11.3 Å². The van der Waals surface area contributed by atoms with E-state index >= 15 is 0 Å². The summed E-state index contributed by atoms with van der Waals surface area (Å²) in [4.78, 5) is 51.1. The summed E-state index contributed by atoms with van der Waals surface area (Å²) < 4.78 is 11.8. The Balaban J connectivity index is 1.61. The normalized spacial score (nSPS) is 14.6. The molecule has 8 nitrogen and oxygen atoms in total. The van der Waals surface area contributed by atoms with Crippen LogP contribution >= 0.6 is 15.9 Å². The summed E-state index contributed by atoms with van der Waals surface area (Å²) >= 11 is 3.49. The summed E-state index contributed by atoms with van der Waals surface area (Å²) in [5.74, 6) is -1.67. The maximum absolute atomic E-state index is 13.2. The van der Waals surface area contributed by atoms with Crippen LogP contribution in [0.2, 0.25) is 0 Å². The first-order valence-corrected chi connectivity index (χ1v) is 11.8. The second-order valence-electron chi connectivity index (χ2n) is 7.64. The Morgan fingerprint density at radius 2 is 1.67 bits per heavy atom. The first-order valence-electron chi connectivity index (χ1n) is 11.0. The zero-order valence-corrected chi connectivity index (χ0v) is 20.8. The van der Waals surface area contributed by atoms with Crippen molar-refractivity contribution in [2.75, 3.05) is 11.5 Å². The van der Waals surface area contributed by atoms with Crippen LogP contribution in [0.1, 0.15) is 28.4 Å². The number of hydrogen-bond acceptors (Lipinski definition) is 6. The highest BCUT2D eigenvalue weighted by atomic mass is 79.9. The molecule has 0 unspecified atom stereocenters. The Morgan fingerprint density at radius 3 is 2.39 bits per heavy atom. The van der Waals surface area contributed by atoms with Gasteiger partial charge in [0, 0.05) is 15.6 Å². The summed E-state index contributed by atoms with van der Waals surface area (Å²) in [6.45, 7) is 2.18. The molecule has 1 aliphatic rings. The number of amides is 4. The van der Waals surface area contributed by atoms with Crippen molar-refractivity contribution in [3.8, 4) is 5.75 Å². The van der Waals surface area contributed by atoms with E-state index < -0.39 is 23.8 Å². The van der Waals surface area contributed by atoms with E-state index in [2.05, 4.69) is 21.2 Å². The van der Waals surface area contributed by atoms with E-state index in [1.807, 2.05) is 24.3 Å². The monoisotopic (exact) mass is 548 g/mol. The first kappa shape index (κ1) is 24.9. The van der Waals surface area contributed by atoms with Crippen LogP contribution < -0.4 is 15.0 Å². The number of hydrogen-bond donors (Lipinski definition) is 1. The molecule has 4 rings (SSSR count). The third-order valence-electron chi connectivity index (χ3n) is 5.30. The summed E-state index contributed by atoms with van der Waals surface area (Å²) in [6.07, 6.45) is 1.39. The van der Waals surface area contributed by atoms with E-state index in [-0.39, 0.29) is 30.0 Å². The summed E-state index contributed by atoms with van der Waals surface area (Å²) in [7, 11) is 0. The lowest BCUT2D eigenvalue weighted by Crippen LogP contribution is -2.54. The fraction of sp³-hybridized carbons (Fsp3) is 0.111. The number of esters is 1. The largest absolute Gasteiger partial charge is 0.488 e. The van der Waals surface area contributed by atoms with Crippen molar-refractivity contribution in [3.63, 3.8) is 0 Å². The van der Waals surface area contributed by atoms with Gasteiger partial charge in [0.25, 0.3) is 11.8 Å². The van der Waals surface area contributed by atoms with E-state index in [1.54, 1.807) is 31.2 Å². The molecule has 0 saturated carbocycles. The number of anilines is 1. The number of urea groups is 1. The van der Waals surface area contributed by atoms with Gasteiger partial charge in [-0.15, -0.1) is 0 Å². The van der Waals surface area contributed by atoms with Gasteiger partial charge in [-0.2, -0.15) is 0 Å². The van der Waals surface area contributed by atoms with E-state index in [9.17, 15) is 19.2 Å². The van der Waals surface area contributed by atoms with Crippen molar-refractivity contribution >= 4 is 51.5 Å². The van der Waals surface area contributed by atoms with Gasteiger partial charge in [0.1, 0.15) is 17.9 Å². The number of benzene rings is 3. The van der Waals surface area contributed by atoms with Crippen molar-refractivity contribution < 1.29 is 28.7 Å². The molecular weight excluding hydrogens is 528 g/mol. The second kappa shape index (κ2) is 11.0. The van der Waals surface area contributed by atoms with E-state index in [0.717, 1.165) is 14.9 Å². The quantitative estimate of drug-likeness (QED) is 0.256. The number of para-hydroxylation sites is 1. The lowest BCUT2D eigenvalue weighted by Gasteiger charge is -2.26. The molecular formula is C27H21BrN2O6. The van der Waals surface area contributed by atoms with Crippen LogP contribution in [-0.2, 0) is 20.9 Å². The zero-order chi connectivity index (χ0) is 25.7. The third-order valence-corrected chi connectivity index (χ3v) is 6.07. The fourth-order valence-electron chi connectivity index (χ4n) is 3.51. The number of nitrogens with one attached hydrogen (secondary N) is 1. The maximum Gasteiger partial charge on any atom is 0.338 e. The van der Waals surface area contributed by atoms with Gasteiger partial charge in [-0.25, -0.2) is 14.5 Å². The molecule has 0 radical (unpaired) electrons. The Morgan fingerprint density at radius 1 is 0.972 bits per heavy atom. The predicted octanol–water partition coefficient (Wildman–Crippen LogP) is 4.87. The standard InChI is InChI=1S/C27H21BrN2O6/c1-2-35-26(33)17-11-13-20(14-12-17)30-25(32)21(24(31)29-27(30)34)15-18-7-4-6-10-23(18)36-16-19-8-3-5-9-22(19)28/h3-15H,2,16H2,1H3,(H,29,31,34)/b21-15+. The highest BCUT2D eigenvalue weighted by Gasteiger charge is 2.37. The smallest absolute Gasteiger partial charge is 0.338 e. The van der Waals surface area contributed by atoms with Gasteiger partial charge in [0.2, 0.25) is 0 Å². The van der Waals surface area contributed by atoms with Crippen LogP contribution in [0.4, 0.5) is 10.5 Å². The number of imide groups is 2. The third kappa shape index (κ3) is 5.36. The number of ether oxygens (including phenoxy) is 2. The lowest BCUT2D eigenvalue weighted by atomic mass is 10.1. The Labute approximate surface area is 215 Å². The van der Waals surface area contributed by atoms with Gasteiger partial charge in [0.15, 0.2) is 0 Å². The minimum Gasteiger partial charge on any atom is -0.488 e. The molecule has 0 spiro atoms. The minimum absolute atomic E-state index is 0.197. The zero-order valence-electron chi connectivity index (χ0n) is 19.2. The maximum atomic E-state index is 13.2. The molecule has 4 amide bonds. The Hall–Kier alpha value is -4.24. The summed E-state index contributed by atoms with van der Waals surface area (Å²) in [6, 6.07) is 19.5. The average molecular weight is 549 g/mol. The van der Waals surface area contributed by atoms with Crippen molar-refractivity contribution in [1.82, 2.24) is 5.32 Å². The average Bonchev–Trinajstić information content (AvgIpc) is 2.87. The lowest BCUT2D eigenvalue weighted by molar-refractivity contribution is -0.122. The molecule has 3 aromatic rings. The summed E-state index contributed by atoms with van der Waals surface area (Å²) in [5, 5.41) is 2.19. The number of carbonyl (C=O) groups is 4. The van der Waals surface area contributed by atoms with Crippen LogP contribution in [0.25, 0.3) is 6.08 Å². The van der Waals surface area contributed by atoms with Crippen LogP contribution in [0.15, 0.2) is 82.8 Å². The number of rotatable bonds is 7. The van der Waals surface area contributed by atoms with Crippen molar-refractivity contribution in [1.29, 1.82) is 0 Å². The van der Waals surface area contributed by atoms with Crippen LogP contribution in [0.3, 0.4) is 0 Å². The van der Waals surface area contributed by atoms with Gasteiger partial charge in [-0.1, -0.05) is 52.3 Å². The number of carbonyl (C=O) groups excluding carboxylic acids is 4. The molecule has 3 aromatic carbocycles. The molecule has 182 valence electrons. The molecule has 1 N–H and O–H groups in total. The van der Waals surface area contributed by atoms with Crippen molar-refractivity contribution in [3.05, 3.63) is 99.5 Å². The molecule has 0 aliphatic carbocycles. The topological polar surface area (TPSA) is 102 Å². The molecule has 1 saturated heterocycles. The van der Waals surface area contributed by atoms with Gasteiger partial charge < -0.3 is 9.47 Å². The van der Waals surface area contributed by atoms with Crippen molar-refractivity contribution in [2.45, 2.75) is 13.5 Å². The highest BCUT2D eigenvalue weighted by molar-refractivity contribution is 9.10. The van der Waals surface area contributed by atoms with Crippen molar-refractivity contribution in [2.24, 2.45) is 0 Å². The number of barbiturate groups is 1. The molecule has 0 bridgehead atoms. The molecule has 9 heteroatoms. The van der Waals surface area contributed by atoms with Gasteiger partial charge in [-0.05, 0) is 49.4 Å². The van der Waals surface area contributed by atoms with E-state index in [1.165, 1.54) is 30.3 Å². The van der Waals surface area contributed by atoms with E-state index in [4.69, 9.17) is 9.47 Å². The minimum atomic E-state index is -0.885. The van der Waals surface area contributed by atoms with Gasteiger partial charge in [0.05, 0.1) is 17.9 Å². The second-order valence-corrected chi connectivity index (χ2v) is 8.50. The van der Waals surface area contributed by atoms with Gasteiger partial charge >= 0.3 is 12.0 Å². The number of nitrogens with zero attached hydrogens (tertiary/aromatic N) is 1. The summed E-state index contributed by atoms with van der Waals surface area (Å²) in [5.41, 5.74) is 1.65. The predicted molar refractivity (Wildman–Crippen MR) is 136 cm³/mol. The fourth-order valence-corrected chi connectivity index (χ4v) is 3.91. The highest BCUT2D eigenvalue weighted by Crippen LogP contribution is 2.27. The van der Waals surface area contributed by atoms with Gasteiger partial charge in [-0.3, -0.25) is 14.9 Å². The molecule has 0 aromatic heterocycles. The molecule has 0 atom stereocenters. The van der Waals surface area contributed by atoms with Crippen LogP contribution in [0.5, 0.6) is 5.75 Å².